The lowest BCUT2D eigenvalue weighted by Crippen LogP contribution is -2.51. The van der Waals surface area contributed by atoms with Gasteiger partial charge in [-0.05, 0) is 6.92 Å². The number of halogens is 1. The van der Waals surface area contributed by atoms with Crippen LogP contribution >= 0.6 is 11.6 Å². The molecule has 0 N–H and O–H groups in total. The third kappa shape index (κ3) is 3.60. The average Bonchev–Trinajstić information content (AvgIpc) is 2.38. The average molecular weight is 293 g/mol. The number of rotatable bonds is 6. The number of benzene rings is 1. The van der Waals surface area contributed by atoms with Crippen LogP contribution in [0.5, 0.6) is 0 Å². The molecule has 100 valence electrons. The van der Waals surface area contributed by atoms with E-state index in [0.717, 1.165) is 0 Å². The quantitative estimate of drug-likeness (QED) is 0.457. The van der Waals surface area contributed by atoms with Crippen LogP contribution < -0.4 is 4.65 Å². The molecule has 0 saturated heterocycles. The summed E-state index contributed by atoms with van der Waals surface area (Å²) >= 11 is 3.54. The molecule has 18 heavy (non-hydrogen) atoms. The second-order valence-corrected chi connectivity index (χ2v) is 4.53. The lowest BCUT2D eigenvalue weighted by atomic mass is 10.3. The van der Waals surface area contributed by atoms with E-state index in [0.29, 0.717) is 5.69 Å². The van der Waals surface area contributed by atoms with Crippen molar-refractivity contribution in [1.29, 1.82) is 0 Å². The molecule has 0 aliphatic rings. The summed E-state index contributed by atoms with van der Waals surface area (Å²) in [7, 11) is 1.47. The summed E-state index contributed by atoms with van der Waals surface area (Å²) in [6.07, 6.45) is 0. The maximum atomic E-state index is 11.9. The van der Waals surface area contributed by atoms with E-state index >= 15 is 0 Å². The van der Waals surface area contributed by atoms with Crippen molar-refractivity contribution < 1.29 is 17.5 Å². The molecule has 5 nitrogen and oxygen atoms in total. The number of quaternary nitrogens is 1. The Labute approximate surface area is 114 Å². The molecule has 2 atom stereocenters. The largest absolute Gasteiger partial charge is 0.366 e. The minimum Gasteiger partial charge on any atom is -0.265 e. The number of hydrogen-bond donors (Lipinski definition) is 0. The second kappa shape index (κ2) is 6.96. The fourth-order valence-corrected chi connectivity index (χ4v) is 2.17. The van der Waals surface area contributed by atoms with Crippen LogP contribution in [0.4, 0.5) is 5.69 Å². The number of carbonyl (C=O) groups excluding carboxylic acids is 1. The van der Waals surface area contributed by atoms with Gasteiger partial charge in [-0.1, -0.05) is 27.1 Å². The van der Waals surface area contributed by atoms with Crippen LogP contribution in [0.1, 0.15) is 6.92 Å². The summed E-state index contributed by atoms with van der Waals surface area (Å²) in [4.78, 5) is 11.9. The van der Waals surface area contributed by atoms with E-state index in [1.165, 1.54) is 7.05 Å². The van der Waals surface area contributed by atoms with Gasteiger partial charge in [-0.25, -0.2) is 4.79 Å². The molecule has 0 aliphatic heterocycles. The van der Waals surface area contributed by atoms with Crippen molar-refractivity contribution in [2.24, 2.45) is 0 Å². The van der Waals surface area contributed by atoms with E-state index < -0.39 is 21.9 Å². The SMILES string of the molecule is CCOS(=O)O[N+](C)(C(=O)CCl)c1ccccc1. The molecular formula is C11H15ClNO4S+. The van der Waals surface area contributed by atoms with Crippen LogP contribution in [0.2, 0.25) is 0 Å². The molecule has 0 aliphatic carbocycles. The van der Waals surface area contributed by atoms with Gasteiger partial charge in [0.25, 0.3) is 0 Å². The molecule has 1 amide bonds. The Balaban J connectivity index is 3.04. The van der Waals surface area contributed by atoms with Crippen molar-refractivity contribution >= 4 is 34.6 Å². The van der Waals surface area contributed by atoms with Crippen molar-refractivity contribution in [3.05, 3.63) is 30.3 Å². The van der Waals surface area contributed by atoms with Crippen molar-refractivity contribution in [1.82, 2.24) is 4.65 Å². The molecule has 1 rings (SSSR count). The van der Waals surface area contributed by atoms with Crippen LogP contribution in [0.25, 0.3) is 0 Å². The molecule has 0 bridgehead atoms. The zero-order valence-electron chi connectivity index (χ0n) is 10.2. The summed E-state index contributed by atoms with van der Waals surface area (Å²) in [5, 5.41) is 0. The first kappa shape index (κ1) is 15.3. The highest BCUT2D eigenvalue weighted by atomic mass is 35.5. The first-order valence-corrected chi connectivity index (χ1v) is 6.84. The molecule has 0 aromatic heterocycles. The standard InChI is InChI=1S/C11H15ClNO4S/c1-3-16-18(15)17-13(2,11(14)9-12)10-7-5-4-6-8-10/h4-8H,3,9H2,1-2H3/q+1. The second-order valence-electron chi connectivity index (χ2n) is 3.47. The van der Waals surface area contributed by atoms with Gasteiger partial charge in [-0.2, -0.15) is 4.21 Å². The summed E-state index contributed by atoms with van der Waals surface area (Å²) in [5.41, 5.74) is 0.524. The zero-order valence-corrected chi connectivity index (χ0v) is 11.7. The maximum Gasteiger partial charge on any atom is 0.366 e. The molecule has 1 aromatic carbocycles. The first-order chi connectivity index (χ1) is 8.54. The van der Waals surface area contributed by atoms with Gasteiger partial charge in [0, 0.05) is 12.1 Å². The van der Waals surface area contributed by atoms with Crippen molar-refractivity contribution in [2.75, 3.05) is 19.5 Å². The number of carbonyl (C=O) groups is 1. The Morgan fingerprint density at radius 2 is 2.00 bits per heavy atom. The van der Waals surface area contributed by atoms with Crippen molar-refractivity contribution in [3.63, 3.8) is 0 Å². The number of hydrogen-bond acceptors (Lipinski definition) is 4. The number of nitrogens with zero attached hydrogens (tertiary/aromatic N) is 1. The molecule has 0 fully saturated rings. The minimum absolute atomic E-state index is 0.219. The van der Waals surface area contributed by atoms with Gasteiger partial charge in [-0.15, -0.1) is 11.6 Å². The van der Waals surface area contributed by atoms with Crippen molar-refractivity contribution in [3.8, 4) is 0 Å². The van der Waals surface area contributed by atoms with Gasteiger partial charge in [0.05, 0.1) is 6.61 Å². The van der Waals surface area contributed by atoms with Crippen LogP contribution in [-0.2, 0) is 24.6 Å². The summed E-state index contributed by atoms with van der Waals surface area (Å²) in [5.74, 6) is -0.690. The highest BCUT2D eigenvalue weighted by Crippen LogP contribution is 2.23. The van der Waals surface area contributed by atoms with Crippen LogP contribution in [-0.4, -0.2) is 29.7 Å². The van der Waals surface area contributed by atoms with E-state index in [9.17, 15) is 9.00 Å². The Morgan fingerprint density at radius 3 is 2.50 bits per heavy atom. The fraction of sp³-hybridized carbons (Fsp3) is 0.364. The van der Waals surface area contributed by atoms with Gasteiger partial charge in [0.2, 0.25) is 0 Å². The third-order valence-corrected chi connectivity index (χ3v) is 3.34. The van der Waals surface area contributed by atoms with Crippen LogP contribution in [0.3, 0.4) is 0 Å². The zero-order chi connectivity index (χ0) is 13.6. The molecule has 0 spiro atoms. The van der Waals surface area contributed by atoms with Crippen LogP contribution in [0.15, 0.2) is 30.3 Å². The predicted octanol–water partition coefficient (Wildman–Crippen LogP) is 1.94. The highest BCUT2D eigenvalue weighted by Gasteiger charge is 2.39. The Bertz CT molecular complexity index is 428. The summed E-state index contributed by atoms with van der Waals surface area (Å²) in [6, 6.07) is 8.68. The normalized spacial score (nSPS) is 15.9. The van der Waals surface area contributed by atoms with E-state index in [4.69, 9.17) is 20.1 Å². The molecule has 0 radical (unpaired) electrons. The monoisotopic (exact) mass is 292 g/mol. The van der Waals surface area contributed by atoms with Gasteiger partial charge < -0.3 is 0 Å². The van der Waals surface area contributed by atoms with Crippen molar-refractivity contribution in [2.45, 2.75) is 6.92 Å². The lowest BCUT2D eigenvalue weighted by Gasteiger charge is -2.25. The van der Waals surface area contributed by atoms with Crippen LogP contribution in [0, 0.1) is 0 Å². The Hall–Kier alpha value is -0.790. The lowest BCUT2D eigenvalue weighted by molar-refractivity contribution is -0.146. The summed E-state index contributed by atoms with van der Waals surface area (Å²) < 4.78 is 20.8. The minimum atomic E-state index is -2.02. The first-order valence-electron chi connectivity index (χ1n) is 5.31. The number of para-hydroxylation sites is 1. The molecule has 2 unspecified atom stereocenters. The number of amides is 1. The van der Waals surface area contributed by atoms with Gasteiger partial charge in [0.15, 0.2) is 5.69 Å². The molecule has 0 saturated carbocycles. The number of hydroxylamine groups is 2. The predicted molar refractivity (Wildman–Crippen MR) is 70.7 cm³/mol. The van der Waals surface area contributed by atoms with Gasteiger partial charge >= 0.3 is 17.3 Å². The maximum absolute atomic E-state index is 11.9. The third-order valence-electron chi connectivity index (χ3n) is 2.26. The molecular weight excluding hydrogens is 278 g/mol. The summed E-state index contributed by atoms with van der Waals surface area (Å²) in [6.45, 7) is 1.90. The van der Waals surface area contributed by atoms with E-state index in [1.807, 2.05) is 0 Å². The van der Waals surface area contributed by atoms with E-state index in [2.05, 4.69) is 0 Å². The Kier molecular flexibility index (Phi) is 5.90. The molecule has 1 aromatic rings. The Morgan fingerprint density at radius 1 is 1.39 bits per heavy atom. The highest BCUT2D eigenvalue weighted by molar-refractivity contribution is 7.75. The van der Waals surface area contributed by atoms with Gasteiger partial charge in [0.1, 0.15) is 12.9 Å². The smallest absolute Gasteiger partial charge is 0.265 e. The topological polar surface area (TPSA) is 52.6 Å². The molecule has 7 heteroatoms. The fourth-order valence-electron chi connectivity index (χ4n) is 1.29. The molecule has 0 heterocycles. The van der Waals surface area contributed by atoms with E-state index in [-0.39, 0.29) is 12.5 Å². The van der Waals surface area contributed by atoms with E-state index in [1.54, 1.807) is 37.3 Å². The number of alkyl halides is 1. The van der Waals surface area contributed by atoms with Gasteiger partial charge in [-0.3, -0.25) is 4.18 Å².